The highest BCUT2D eigenvalue weighted by Gasteiger charge is 2.25. The van der Waals surface area contributed by atoms with Crippen molar-refractivity contribution in [1.82, 2.24) is 4.90 Å². The molecule has 2 atom stereocenters. The minimum Gasteiger partial charge on any atom is -0.399 e. The lowest BCUT2D eigenvalue weighted by atomic mass is 9.99. The number of rotatable bonds is 3. The molecule has 0 spiro atoms. The number of nitrogen functional groups attached to an aromatic ring is 1. The second kappa shape index (κ2) is 5.67. The summed E-state index contributed by atoms with van der Waals surface area (Å²) in [6.45, 7) is 3.76. The van der Waals surface area contributed by atoms with Crippen LogP contribution in [0.4, 0.5) is 10.1 Å². The van der Waals surface area contributed by atoms with E-state index in [2.05, 4.69) is 11.8 Å². The summed E-state index contributed by atoms with van der Waals surface area (Å²) in [5.41, 5.74) is 6.74. The van der Waals surface area contributed by atoms with E-state index < -0.39 is 0 Å². The SMILES string of the molecule is COC1CCN(Cc2ccc(N)cc2F)C(C)C1. The Labute approximate surface area is 108 Å². The number of likely N-dealkylation sites (tertiary alicyclic amines) is 1. The number of nitrogens with zero attached hydrogens (tertiary/aromatic N) is 1. The van der Waals surface area contributed by atoms with E-state index in [1.54, 1.807) is 19.2 Å². The third kappa shape index (κ3) is 3.00. The van der Waals surface area contributed by atoms with Crippen LogP contribution >= 0.6 is 0 Å². The minimum absolute atomic E-state index is 0.212. The Balaban J connectivity index is 2.01. The van der Waals surface area contributed by atoms with E-state index in [-0.39, 0.29) is 5.82 Å². The Morgan fingerprint density at radius 3 is 2.89 bits per heavy atom. The van der Waals surface area contributed by atoms with Crippen molar-refractivity contribution in [3.63, 3.8) is 0 Å². The van der Waals surface area contributed by atoms with Crippen molar-refractivity contribution in [2.24, 2.45) is 0 Å². The smallest absolute Gasteiger partial charge is 0.129 e. The molecular formula is C14H21FN2O. The van der Waals surface area contributed by atoms with Crippen molar-refractivity contribution in [3.05, 3.63) is 29.6 Å². The number of hydrogen-bond acceptors (Lipinski definition) is 3. The van der Waals surface area contributed by atoms with E-state index in [0.717, 1.165) is 19.4 Å². The second-order valence-corrected chi connectivity index (χ2v) is 5.05. The van der Waals surface area contributed by atoms with Gasteiger partial charge in [0.1, 0.15) is 5.82 Å². The average molecular weight is 252 g/mol. The molecule has 1 aromatic carbocycles. The van der Waals surface area contributed by atoms with E-state index in [1.165, 1.54) is 6.07 Å². The van der Waals surface area contributed by atoms with E-state index in [0.29, 0.717) is 29.9 Å². The Morgan fingerprint density at radius 1 is 1.50 bits per heavy atom. The highest BCUT2D eigenvalue weighted by Crippen LogP contribution is 2.22. The van der Waals surface area contributed by atoms with Crippen molar-refractivity contribution >= 4 is 5.69 Å². The molecule has 0 bridgehead atoms. The zero-order chi connectivity index (χ0) is 13.1. The largest absolute Gasteiger partial charge is 0.399 e. The Kier molecular flexibility index (Phi) is 4.19. The molecule has 1 aliphatic rings. The van der Waals surface area contributed by atoms with Gasteiger partial charge in [0.15, 0.2) is 0 Å². The molecule has 0 saturated carbocycles. The molecule has 1 aliphatic heterocycles. The van der Waals surface area contributed by atoms with Crippen LogP contribution in [0.15, 0.2) is 18.2 Å². The first-order valence-corrected chi connectivity index (χ1v) is 6.41. The van der Waals surface area contributed by atoms with E-state index in [1.807, 2.05) is 0 Å². The lowest BCUT2D eigenvalue weighted by Gasteiger charge is -2.37. The summed E-state index contributed by atoms with van der Waals surface area (Å²) >= 11 is 0. The maximum atomic E-state index is 13.7. The molecule has 0 radical (unpaired) electrons. The number of anilines is 1. The van der Waals surface area contributed by atoms with Gasteiger partial charge >= 0.3 is 0 Å². The van der Waals surface area contributed by atoms with E-state index >= 15 is 0 Å². The minimum atomic E-state index is -0.212. The van der Waals surface area contributed by atoms with Crippen molar-refractivity contribution in [1.29, 1.82) is 0 Å². The van der Waals surface area contributed by atoms with Gasteiger partial charge in [-0.25, -0.2) is 4.39 Å². The van der Waals surface area contributed by atoms with Crippen LogP contribution in [-0.2, 0) is 11.3 Å². The standard InChI is InChI=1S/C14H21FN2O/c1-10-7-13(18-2)5-6-17(10)9-11-3-4-12(16)8-14(11)15/h3-4,8,10,13H,5-7,9,16H2,1-2H3. The van der Waals surface area contributed by atoms with Gasteiger partial charge in [0.25, 0.3) is 0 Å². The average Bonchev–Trinajstić information content (AvgIpc) is 2.34. The van der Waals surface area contributed by atoms with Gasteiger partial charge in [0.05, 0.1) is 6.10 Å². The second-order valence-electron chi connectivity index (χ2n) is 5.05. The molecule has 0 amide bonds. The summed E-state index contributed by atoms with van der Waals surface area (Å²) in [6.07, 6.45) is 2.36. The maximum Gasteiger partial charge on any atom is 0.129 e. The number of ether oxygens (including phenoxy) is 1. The summed E-state index contributed by atoms with van der Waals surface area (Å²) in [4.78, 5) is 2.30. The fourth-order valence-corrected chi connectivity index (χ4v) is 2.54. The van der Waals surface area contributed by atoms with Gasteiger partial charge in [-0.1, -0.05) is 6.07 Å². The molecule has 1 heterocycles. The van der Waals surface area contributed by atoms with Crippen molar-refractivity contribution in [2.75, 3.05) is 19.4 Å². The van der Waals surface area contributed by atoms with Gasteiger partial charge < -0.3 is 10.5 Å². The Hall–Kier alpha value is -1.13. The summed E-state index contributed by atoms with van der Waals surface area (Å²) in [5.74, 6) is -0.212. The lowest BCUT2D eigenvalue weighted by Crippen LogP contribution is -2.42. The number of hydrogen-bond donors (Lipinski definition) is 1. The molecule has 100 valence electrons. The third-order valence-electron chi connectivity index (χ3n) is 3.75. The molecule has 0 aromatic heterocycles. The van der Waals surface area contributed by atoms with Crippen molar-refractivity contribution in [3.8, 4) is 0 Å². The van der Waals surface area contributed by atoms with Gasteiger partial charge in [-0.3, -0.25) is 4.90 Å². The zero-order valence-electron chi connectivity index (χ0n) is 11.0. The first-order valence-electron chi connectivity index (χ1n) is 6.41. The molecule has 2 unspecified atom stereocenters. The fourth-order valence-electron chi connectivity index (χ4n) is 2.54. The monoisotopic (exact) mass is 252 g/mol. The first-order chi connectivity index (χ1) is 8.60. The molecular weight excluding hydrogens is 231 g/mol. The fraction of sp³-hybridized carbons (Fsp3) is 0.571. The van der Waals surface area contributed by atoms with Crippen LogP contribution < -0.4 is 5.73 Å². The molecule has 18 heavy (non-hydrogen) atoms. The number of piperidine rings is 1. The highest BCUT2D eigenvalue weighted by molar-refractivity contribution is 5.40. The summed E-state index contributed by atoms with van der Waals surface area (Å²) in [5, 5.41) is 0. The van der Waals surface area contributed by atoms with Crippen LogP contribution in [0.5, 0.6) is 0 Å². The van der Waals surface area contributed by atoms with Crippen LogP contribution in [0.25, 0.3) is 0 Å². The van der Waals surface area contributed by atoms with Gasteiger partial charge in [-0.2, -0.15) is 0 Å². The molecule has 4 heteroatoms. The van der Waals surface area contributed by atoms with Gasteiger partial charge in [0.2, 0.25) is 0 Å². The van der Waals surface area contributed by atoms with Crippen molar-refractivity contribution in [2.45, 2.75) is 38.5 Å². The molecule has 2 rings (SSSR count). The first kappa shape index (κ1) is 13.3. The summed E-state index contributed by atoms with van der Waals surface area (Å²) in [7, 11) is 1.76. The Morgan fingerprint density at radius 2 is 2.28 bits per heavy atom. The zero-order valence-corrected chi connectivity index (χ0v) is 11.0. The number of nitrogens with two attached hydrogens (primary N) is 1. The van der Waals surface area contributed by atoms with Crippen molar-refractivity contribution < 1.29 is 9.13 Å². The Bertz CT molecular complexity index is 411. The van der Waals surface area contributed by atoms with Crippen LogP contribution in [0, 0.1) is 5.82 Å². The van der Waals surface area contributed by atoms with Gasteiger partial charge in [-0.05, 0) is 31.9 Å². The maximum absolute atomic E-state index is 13.7. The van der Waals surface area contributed by atoms with E-state index in [4.69, 9.17) is 10.5 Å². The molecule has 1 saturated heterocycles. The molecule has 2 N–H and O–H groups in total. The third-order valence-corrected chi connectivity index (χ3v) is 3.75. The summed E-state index contributed by atoms with van der Waals surface area (Å²) in [6, 6.07) is 5.34. The molecule has 3 nitrogen and oxygen atoms in total. The molecule has 1 fully saturated rings. The molecule has 1 aromatic rings. The van der Waals surface area contributed by atoms with E-state index in [9.17, 15) is 4.39 Å². The predicted molar refractivity (Wildman–Crippen MR) is 70.7 cm³/mol. The topological polar surface area (TPSA) is 38.5 Å². The molecule has 0 aliphatic carbocycles. The number of benzene rings is 1. The van der Waals surface area contributed by atoms with Gasteiger partial charge in [-0.15, -0.1) is 0 Å². The van der Waals surface area contributed by atoms with Crippen LogP contribution in [0.3, 0.4) is 0 Å². The summed E-state index contributed by atoms with van der Waals surface area (Å²) < 4.78 is 19.1. The highest BCUT2D eigenvalue weighted by atomic mass is 19.1. The normalized spacial score (nSPS) is 25.3. The number of halogens is 1. The lowest BCUT2D eigenvalue weighted by molar-refractivity contribution is 0.0126. The van der Waals surface area contributed by atoms with Crippen LogP contribution in [0.2, 0.25) is 0 Å². The van der Waals surface area contributed by atoms with Crippen LogP contribution in [0.1, 0.15) is 25.3 Å². The predicted octanol–water partition coefficient (Wildman–Crippen LogP) is 2.41. The van der Waals surface area contributed by atoms with Crippen LogP contribution in [-0.4, -0.2) is 30.7 Å². The quantitative estimate of drug-likeness (QED) is 0.840. The number of methoxy groups -OCH3 is 1. The van der Waals surface area contributed by atoms with Gasteiger partial charge in [0, 0.05) is 37.5 Å².